The van der Waals surface area contributed by atoms with Gasteiger partial charge in [-0.05, 0) is 24.1 Å². The van der Waals surface area contributed by atoms with Crippen LogP contribution in [0.1, 0.15) is 25.5 Å². The fraction of sp³-hybridized carbons (Fsp3) is 0.364. The molecule has 2 aromatic rings. The van der Waals surface area contributed by atoms with Crippen molar-refractivity contribution in [3.8, 4) is 0 Å². The first-order valence-electron chi connectivity index (χ1n) is 4.71. The molecule has 2 rings (SSSR count). The summed E-state index contributed by atoms with van der Waals surface area (Å²) in [5.41, 5.74) is 1.89. The lowest BCUT2D eigenvalue weighted by Gasteiger charge is -1.98. The first kappa shape index (κ1) is 9.19. The minimum absolute atomic E-state index is 0.212. The zero-order valence-electron chi connectivity index (χ0n) is 8.58. The van der Waals surface area contributed by atoms with E-state index in [-0.39, 0.29) is 5.82 Å². The third-order valence-electron chi connectivity index (χ3n) is 2.39. The number of fused-ring (bicyclic) bond motifs is 1. The van der Waals surface area contributed by atoms with E-state index in [1.54, 1.807) is 10.7 Å². The number of aryl methyl sites for hydroxylation is 1. The summed E-state index contributed by atoms with van der Waals surface area (Å²) in [6.45, 7) is 4.18. The summed E-state index contributed by atoms with van der Waals surface area (Å²) in [7, 11) is 1.84. The Morgan fingerprint density at radius 3 is 2.71 bits per heavy atom. The molecule has 0 N–H and O–H groups in total. The first-order chi connectivity index (χ1) is 6.59. The second kappa shape index (κ2) is 3.08. The van der Waals surface area contributed by atoms with Crippen molar-refractivity contribution in [1.29, 1.82) is 0 Å². The Balaban J connectivity index is 2.77. The summed E-state index contributed by atoms with van der Waals surface area (Å²) < 4.78 is 14.7. The van der Waals surface area contributed by atoms with E-state index in [0.717, 1.165) is 16.6 Å². The van der Waals surface area contributed by atoms with Crippen LogP contribution in [0.2, 0.25) is 0 Å². The van der Waals surface area contributed by atoms with E-state index in [0.29, 0.717) is 5.92 Å². The molecule has 1 heterocycles. The average molecular weight is 192 g/mol. The second-order valence-corrected chi connectivity index (χ2v) is 3.83. The van der Waals surface area contributed by atoms with Crippen molar-refractivity contribution >= 4 is 10.9 Å². The molecule has 0 aliphatic heterocycles. The van der Waals surface area contributed by atoms with Crippen LogP contribution >= 0.6 is 0 Å². The molecule has 0 saturated carbocycles. The van der Waals surface area contributed by atoms with E-state index in [4.69, 9.17) is 0 Å². The smallest absolute Gasteiger partial charge is 0.125 e. The fourth-order valence-corrected chi connectivity index (χ4v) is 1.68. The molecule has 0 aliphatic carbocycles. The number of nitrogens with zero attached hydrogens (tertiary/aromatic N) is 2. The van der Waals surface area contributed by atoms with Crippen LogP contribution in [0.5, 0.6) is 0 Å². The normalized spacial score (nSPS) is 11.5. The van der Waals surface area contributed by atoms with Gasteiger partial charge in [-0.1, -0.05) is 13.8 Å². The molecule has 3 heteroatoms. The van der Waals surface area contributed by atoms with E-state index < -0.39 is 0 Å². The number of aromatic nitrogens is 2. The molecule has 2 nitrogen and oxygen atoms in total. The topological polar surface area (TPSA) is 17.8 Å². The van der Waals surface area contributed by atoms with Gasteiger partial charge in [0.2, 0.25) is 0 Å². The van der Waals surface area contributed by atoms with Crippen molar-refractivity contribution in [1.82, 2.24) is 9.78 Å². The molecule has 0 amide bonds. The molecule has 0 saturated heterocycles. The Kier molecular flexibility index (Phi) is 2.02. The Hall–Kier alpha value is -1.38. The summed E-state index contributed by atoms with van der Waals surface area (Å²) >= 11 is 0. The van der Waals surface area contributed by atoms with Gasteiger partial charge in [0.25, 0.3) is 0 Å². The monoisotopic (exact) mass is 192 g/mol. The number of hydrogen-bond donors (Lipinski definition) is 0. The highest BCUT2D eigenvalue weighted by atomic mass is 19.1. The van der Waals surface area contributed by atoms with E-state index in [9.17, 15) is 4.39 Å². The van der Waals surface area contributed by atoms with E-state index in [1.807, 2.05) is 7.05 Å². The third-order valence-corrected chi connectivity index (χ3v) is 2.39. The maximum atomic E-state index is 13.0. The van der Waals surface area contributed by atoms with Crippen molar-refractivity contribution in [3.63, 3.8) is 0 Å². The molecule has 74 valence electrons. The van der Waals surface area contributed by atoms with Crippen LogP contribution in [-0.4, -0.2) is 9.78 Å². The standard InChI is InChI=1S/C11H13FN2/c1-7(2)11-9-5-4-8(12)6-10(9)14(3)13-11/h4-7H,1-3H3. The Morgan fingerprint density at radius 2 is 2.07 bits per heavy atom. The molecule has 1 aromatic carbocycles. The van der Waals surface area contributed by atoms with Gasteiger partial charge < -0.3 is 0 Å². The van der Waals surface area contributed by atoms with Crippen LogP contribution in [0.3, 0.4) is 0 Å². The van der Waals surface area contributed by atoms with Gasteiger partial charge in [-0.2, -0.15) is 5.10 Å². The molecule has 0 unspecified atom stereocenters. The number of benzene rings is 1. The highest BCUT2D eigenvalue weighted by Gasteiger charge is 2.11. The lowest BCUT2D eigenvalue weighted by molar-refractivity contribution is 0.628. The zero-order valence-corrected chi connectivity index (χ0v) is 8.58. The van der Waals surface area contributed by atoms with Crippen molar-refractivity contribution in [2.24, 2.45) is 7.05 Å². The molecule has 0 fully saturated rings. The summed E-state index contributed by atoms with van der Waals surface area (Å²) in [4.78, 5) is 0. The first-order valence-corrected chi connectivity index (χ1v) is 4.71. The van der Waals surface area contributed by atoms with Gasteiger partial charge in [0, 0.05) is 12.4 Å². The van der Waals surface area contributed by atoms with Gasteiger partial charge in [0.1, 0.15) is 5.82 Å². The third kappa shape index (κ3) is 1.29. The van der Waals surface area contributed by atoms with Crippen molar-refractivity contribution in [2.45, 2.75) is 19.8 Å². The molecule has 0 atom stereocenters. The minimum Gasteiger partial charge on any atom is -0.268 e. The molecule has 14 heavy (non-hydrogen) atoms. The fourth-order valence-electron chi connectivity index (χ4n) is 1.68. The van der Waals surface area contributed by atoms with Crippen LogP contribution in [0, 0.1) is 5.82 Å². The van der Waals surface area contributed by atoms with Gasteiger partial charge in [0.05, 0.1) is 11.2 Å². The van der Waals surface area contributed by atoms with Gasteiger partial charge in [0.15, 0.2) is 0 Å². The quantitative estimate of drug-likeness (QED) is 0.679. The lowest BCUT2D eigenvalue weighted by Crippen LogP contribution is -1.93. The van der Waals surface area contributed by atoms with Gasteiger partial charge in [-0.15, -0.1) is 0 Å². The lowest BCUT2D eigenvalue weighted by atomic mass is 10.1. The Labute approximate surface area is 82.3 Å². The molecular weight excluding hydrogens is 179 g/mol. The van der Waals surface area contributed by atoms with Gasteiger partial charge in [-0.25, -0.2) is 4.39 Å². The number of halogens is 1. The van der Waals surface area contributed by atoms with Crippen LogP contribution in [-0.2, 0) is 7.05 Å². The predicted octanol–water partition coefficient (Wildman–Crippen LogP) is 2.84. The largest absolute Gasteiger partial charge is 0.268 e. The predicted molar refractivity (Wildman–Crippen MR) is 54.8 cm³/mol. The molecule has 1 aromatic heterocycles. The highest BCUT2D eigenvalue weighted by Crippen LogP contribution is 2.24. The zero-order chi connectivity index (χ0) is 10.3. The van der Waals surface area contributed by atoms with Crippen molar-refractivity contribution < 1.29 is 4.39 Å². The highest BCUT2D eigenvalue weighted by molar-refractivity contribution is 5.82. The second-order valence-electron chi connectivity index (χ2n) is 3.83. The number of hydrogen-bond acceptors (Lipinski definition) is 1. The van der Waals surface area contributed by atoms with Crippen LogP contribution in [0.4, 0.5) is 4.39 Å². The van der Waals surface area contributed by atoms with Crippen molar-refractivity contribution in [3.05, 3.63) is 29.7 Å². The minimum atomic E-state index is -0.212. The molecule has 0 spiro atoms. The van der Waals surface area contributed by atoms with E-state index >= 15 is 0 Å². The Morgan fingerprint density at radius 1 is 1.36 bits per heavy atom. The van der Waals surface area contributed by atoms with E-state index in [2.05, 4.69) is 18.9 Å². The summed E-state index contributed by atoms with van der Waals surface area (Å²) in [6, 6.07) is 4.80. The summed E-state index contributed by atoms with van der Waals surface area (Å²) in [6.07, 6.45) is 0. The maximum Gasteiger partial charge on any atom is 0.125 e. The molecule has 0 bridgehead atoms. The molecule has 0 radical (unpaired) electrons. The van der Waals surface area contributed by atoms with Crippen molar-refractivity contribution in [2.75, 3.05) is 0 Å². The van der Waals surface area contributed by atoms with E-state index in [1.165, 1.54) is 12.1 Å². The van der Waals surface area contributed by atoms with Crippen LogP contribution in [0.15, 0.2) is 18.2 Å². The number of rotatable bonds is 1. The average Bonchev–Trinajstić information content (AvgIpc) is 2.44. The molecule has 0 aliphatic rings. The maximum absolute atomic E-state index is 13.0. The summed E-state index contributed by atoms with van der Waals surface area (Å²) in [5, 5.41) is 5.43. The Bertz CT molecular complexity index is 471. The van der Waals surface area contributed by atoms with Gasteiger partial charge in [-0.3, -0.25) is 4.68 Å². The SMILES string of the molecule is CC(C)c1nn(C)c2cc(F)ccc12. The van der Waals surface area contributed by atoms with Crippen LogP contribution < -0.4 is 0 Å². The van der Waals surface area contributed by atoms with Gasteiger partial charge >= 0.3 is 0 Å². The molecular formula is C11H13FN2. The summed E-state index contributed by atoms with van der Waals surface area (Å²) in [5.74, 6) is 0.153. The van der Waals surface area contributed by atoms with Crippen LogP contribution in [0.25, 0.3) is 10.9 Å².